The summed E-state index contributed by atoms with van der Waals surface area (Å²) in [6, 6.07) is 15.8. The lowest BCUT2D eigenvalue weighted by Crippen LogP contribution is -2.22. The van der Waals surface area contributed by atoms with Gasteiger partial charge in [0.1, 0.15) is 11.6 Å². The van der Waals surface area contributed by atoms with Gasteiger partial charge in [-0.05, 0) is 24.3 Å². The first kappa shape index (κ1) is 15.8. The van der Waals surface area contributed by atoms with E-state index in [2.05, 4.69) is 21.4 Å². The molecule has 5 heteroatoms. The standard InChI is InChI=1S/C19H19N3O2/c1-3-19(23)20-12-18-21-15-9-5-6-10-16(15)22(18)13-14-8-4-7-11-17(14)24-2/h3-11H,1,12-13H2,2H3,(H,20,23). The molecule has 1 heterocycles. The molecule has 0 aliphatic heterocycles. The van der Waals surface area contributed by atoms with Crippen molar-refractivity contribution in [2.45, 2.75) is 13.1 Å². The molecule has 0 unspecified atom stereocenters. The van der Waals surface area contributed by atoms with Crippen LogP contribution in [0.25, 0.3) is 11.0 Å². The predicted molar refractivity (Wildman–Crippen MR) is 93.9 cm³/mol. The van der Waals surface area contributed by atoms with Crippen molar-refractivity contribution in [1.29, 1.82) is 0 Å². The molecule has 5 nitrogen and oxygen atoms in total. The lowest BCUT2D eigenvalue weighted by molar-refractivity contribution is -0.116. The van der Waals surface area contributed by atoms with E-state index < -0.39 is 0 Å². The molecule has 1 amide bonds. The molecule has 2 aromatic carbocycles. The number of nitrogens with zero attached hydrogens (tertiary/aromatic N) is 2. The van der Waals surface area contributed by atoms with Crippen LogP contribution in [0.1, 0.15) is 11.4 Å². The number of nitrogens with one attached hydrogen (secondary N) is 1. The second kappa shape index (κ2) is 7.00. The second-order valence-electron chi connectivity index (χ2n) is 5.34. The van der Waals surface area contributed by atoms with Crippen molar-refractivity contribution in [3.05, 3.63) is 72.6 Å². The van der Waals surface area contributed by atoms with E-state index in [9.17, 15) is 4.79 Å². The summed E-state index contributed by atoms with van der Waals surface area (Å²) in [7, 11) is 1.66. The topological polar surface area (TPSA) is 56.2 Å². The highest BCUT2D eigenvalue weighted by molar-refractivity contribution is 5.86. The number of benzene rings is 2. The molecule has 0 spiro atoms. The first-order chi connectivity index (χ1) is 11.7. The number of amides is 1. The number of methoxy groups -OCH3 is 1. The van der Waals surface area contributed by atoms with Crippen molar-refractivity contribution in [3.63, 3.8) is 0 Å². The molecule has 0 bridgehead atoms. The first-order valence-electron chi connectivity index (χ1n) is 7.69. The van der Waals surface area contributed by atoms with Gasteiger partial charge in [0.15, 0.2) is 0 Å². The van der Waals surface area contributed by atoms with Gasteiger partial charge in [-0.1, -0.05) is 36.9 Å². The summed E-state index contributed by atoms with van der Waals surface area (Å²) in [5, 5.41) is 2.79. The van der Waals surface area contributed by atoms with Gasteiger partial charge in [0.05, 0.1) is 31.2 Å². The second-order valence-corrected chi connectivity index (χ2v) is 5.34. The number of carbonyl (C=O) groups excluding carboxylic acids is 1. The Labute approximate surface area is 140 Å². The average Bonchev–Trinajstić information content (AvgIpc) is 2.98. The minimum atomic E-state index is -0.217. The zero-order chi connectivity index (χ0) is 16.9. The first-order valence-corrected chi connectivity index (χ1v) is 7.69. The van der Waals surface area contributed by atoms with Crippen LogP contribution >= 0.6 is 0 Å². The Kier molecular flexibility index (Phi) is 4.61. The number of aromatic nitrogens is 2. The molecule has 1 N–H and O–H groups in total. The molecule has 0 saturated heterocycles. The van der Waals surface area contributed by atoms with Crippen LogP contribution in [0.2, 0.25) is 0 Å². The third kappa shape index (κ3) is 3.15. The Hall–Kier alpha value is -3.08. The summed E-state index contributed by atoms with van der Waals surface area (Å²) >= 11 is 0. The Morgan fingerprint density at radius 3 is 2.79 bits per heavy atom. The number of ether oxygens (including phenoxy) is 1. The van der Waals surface area contributed by atoms with Crippen LogP contribution in [0.4, 0.5) is 0 Å². The number of hydrogen-bond acceptors (Lipinski definition) is 3. The fourth-order valence-corrected chi connectivity index (χ4v) is 2.68. The molecule has 0 fully saturated rings. The Morgan fingerprint density at radius 1 is 1.25 bits per heavy atom. The fraction of sp³-hybridized carbons (Fsp3) is 0.158. The van der Waals surface area contributed by atoms with Crippen LogP contribution in [-0.4, -0.2) is 22.6 Å². The van der Waals surface area contributed by atoms with Crippen LogP contribution in [-0.2, 0) is 17.9 Å². The maximum absolute atomic E-state index is 11.5. The third-order valence-corrected chi connectivity index (χ3v) is 3.86. The number of rotatable bonds is 6. The van der Waals surface area contributed by atoms with Crippen molar-refractivity contribution in [2.24, 2.45) is 0 Å². The van der Waals surface area contributed by atoms with Crippen molar-refractivity contribution < 1.29 is 9.53 Å². The molecule has 3 rings (SSSR count). The summed E-state index contributed by atoms with van der Waals surface area (Å²) < 4.78 is 7.54. The average molecular weight is 321 g/mol. The van der Waals surface area contributed by atoms with Gasteiger partial charge in [0, 0.05) is 5.56 Å². The van der Waals surface area contributed by atoms with Crippen LogP contribution in [0.5, 0.6) is 5.75 Å². The van der Waals surface area contributed by atoms with E-state index in [-0.39, 0.29) is 5.91 Å². The van der Waals surface area contributed by atoms with Gasteiger partial charge in [-0.25, -0.2) is 4.98 Å². The highest BCUT2D eigenvalue weighted by Gasteiger charge is 2.13. The molecule has 0 radical (unpaired) electrons. The van der Waals surface area contributed by atoms with E-state index in [1.54, 1.807) is 7.11 Å². The molecule has 3 aromatic rings. The third-order valence-electron chi connectivity index (χ3n) is 3.86. The zero-order valence-corrected chi connectivity index (χ0v) is 13.5. The SMILES string of the molecule is C=CC(=O)NCc1nc2ccccc2n1Cc1ccccc1OC. The van der Waals surface area contributed by atoms with Gasteiger partial charge in [-0.15, -0.1) is 0 Å². The predicted octanol–water partition coefficient (Wildman–Crippen LogP) is 2.90. The van der Waals surface area contributed by atoms with Crippen molar-refractivity contribution in [2.75, 3.05) is 7.11 Å². The number of carbonyl (C=O) groups is 1. The smallest absolute Gasteiger partial charge is 0.243 e. The molecule has 122 valence electrons. The van der Waals surface area contributed by atoms with E-state index in [0.717, 1.165) is 28.2 Å². The summed E-state index contributed by atoms with van der Waals surface area (Å²) in [6.45, 7) is 4.43. The van der Waals surface area contributed by atoms with Gasteiger partial charge in [0.2, 0.25) is 5.91 Å². The largest absolute Gasteiger partial charge is 0.496 e. The minimum Gasteiger partial charge on any atom is -0.496 e. The van der Waals surface area contributed by atoms with E-state index in [1.807, 2.05) is 48.5 Å². The Balaban J connectivity index is 2.00. The lowest BCUT2D eigenvalue weighted by Gasteiger charge is -2.12. The molecular weight excluding hydrogens is 302 g/mol. The highest BCUT2D eigenvalue weighted by Crippen LogP contribution is 2.23. The molecule has 1 aromatic heterocycles. The highest BCUT2D eigenvalue weighted by atomic mass is 16.5. The van der Waals surface area contributed by atoms with Crippen molar-refractivity contribution >= 4 is 16.9 Å². The summed E-state index contributed by atoms with van der Waals surface area (Å²) in [6.07, 6.45) is 1.26. The van der Waals surface area contributed by atoms with E-state index >= 15 is 0 Å². The van der Waals surface area contributed by atoms with E-state index in [1.165, 1.54) is 6.08 Å². The van der Waals surface area contributed by atoms with Gasteiger partial charge in [-0.2, -0.15) is 0 Å². The van der Waals surface area contributed by atoms with Gasteiger partial charge >= 0.3 is 0 Å². The van der Waals surface area contributed by atoms with Crippen LogP contribution < -0.4 is 10.1 Å². The Bertz CT molecular complexity index is 883. The normalized spacial score (nSPS) is 10.5. The fourth-order valence-electron chi connectivity index (χ4n) is 2.68. The van der Waals surface area contributed by atoms with E-state index in [4.69, 9.17) is 4.74 Å². The molecule has 24 heavy (non-hydrogen) atoms. The number of para-hydroxylation sites is 3. The quantitative estimate of drug-likeness (QED) is 0.710. The van der Waals surface area contributed by atoms with Crippen LogP contribution in [0, 0.1) is 0 Å². The summed E-state index contributed by atoms with van der Waals surface area (Å²) in [5.41, 5.74) is 2.97. The minimum absolute atomic E-state index is 0.217. The van der Waals surface area contributed by atoms with Crippen molar-refractivity contribution in [3.8, 4) is 5.75 Å². The number of hydrogen-bond donors (Lipinski definition) is 1. The monoisotopic (exact) mass is 321 g/mol. The molecule has 0 aliphatic carbocycles. The molecule has 0 saturated carbocycles. The lowest BCUT2D eigenvalue weighted by atomic mass is 10.2. The number of imidazole rings is 1. The zero-order valence-electron chi connectivity index (χ0n) is 13.5. The summed E-state index contributed by atoms with van der Waals surface area (Å²) in [4.78, 5) is 16.1. The maximum atomic E-state index is 11.5. The van der Waals surface area contributed by atoms with Gasteiger partial charge in [-0.3, -0.25) is 4.79 Å². The van der Waals surface area contributed by atoms with Gasteiger partial charge < -0.3 is 14.6 Å². The van der Waals surface area contributed by atoms with Crippen LogP contribution in [0.15, 0.2) is 61.2 Å². The van der Waals surface area contributed by atoms with Crippen molar-refractivity contribution in [1.82, 2.24) is 14.9 Å². The molecular formula is C19H19N3O2. The molecule has 0 aliphatic rings. The van der Waals surface area contributed by atoms with E-state index in [0.29, 0.717) is 13.1 Å². The summed E-state index contributed by atoms with van der Waals surface area (Å²) in [5.74, 6) is 1.40. The molecule has 0 atom stereocenters. The number of fused-ring (bicyclic) bond motifs is 1. The maximum Gasteiger partial charge on any atom is 0.243 e. The Morgan fingerprint density at radius 2 is 2.00 bits per heavy atom. The van der Waals surface area contributed by atoms with Crippen LogP contribution in [0.3, 0.4) is 0 Å². The van der Waals surface area contributed by atoms with Gasteiger partial charge in [0.25, 0.3) is 0 Å².